The summed E-state index contributed by atoms with van der Waals surface area (Å²) in [5, 5.41) is 12.0. The van der Waals surface area contributed by atoms with Gasteiger partial charge in [0, 0.05) is 11.8 Å². The second-order valence-electron chi connectivity index (χ2n) is 4.83. The Morgan fingerprint density at radius 2 is 1.95 bits per heavy atom. The molecule has 1 aliphatic rings. The zero-order valence-electron chi connectivity index (χ0n) is 11.5. The van der Waals surface area contributed by atoms with Crippen molar-refractivity contribution in [2.24, 2.45) is 11.8 Å². The van der Waals surface area contributed by atoms with Crippen LogP contribution in [0.15, 0.2) is 34.8 Å². The molecule has 6 heteroatoms. The molecule has 1 aromatic rings. The van der Waals surface area contributed by atoms with Gasteiger partial charge in [-0.1, -0.05) is 12.2 Å². The Bertz CT molecular complexity index is 585. The lowest BCUT2D eigenvalue weighted by molar-refractivity contribution is -0.146. The molecule has 1 aliphatic carbocycles. The summed E-state index contributed by atoms with van der Waals surface area (Å²) in [4.78, 5) is 23.5. The van der Waals surface area contributed by atoms with Gasteiger partial charge in [-0.3, -0.25) is 9.59 Å². The number of methoxy groups -OCH3 is 1. The molecule has 0 saturated carbocycles. The van der Waals surface area contributed by atoms with Crippen LogP contribution in [0.25, 0.3) is 0 Å². The number of carboxylic acid groups (broad SMARTS) is 1. The maximum Gasteiger partial charge on any atom is 0.307 e. The number of carboxylic acids is 1. The van der Waals surface area contributed by atoms with Gasteiger partial charge < -0.3 is 15.2 Å². The first-order valence-electron chi connectivity index (χ1n) is 6.55. The van der Waals surface area contributed by atoms with Gasteiger partial charge in [0.15, 0.2) is 0 Å². The monoisotopic (exact) mass is 353 g/mol. The first kappa shape index (κ1) is 15.6. The second-order valence-corrected chi connectivity index (χ2v) is 5.69. The van der Waals surface area contributed by atoms with Crippen LogP contribution in [0.3, 0.4) is 0 Å². The third-order valence-corrected chi connectivity index (χ3v) is 4.16. The molecule has 0 saturated heterocycles. The number of ether oxygens (including phenoxy) is 1. The molecule has 21 heavy (non-hydrogen) atoms. The predicted octanol–water partition coefficient (Wildman–Crippen LogP) is 3.06. The molecule has 2 rings (SSSR count). The molecule has 112 valence electrons. The summed E-state index contributed by atoms with van der Waals surface area (Å²) < 4.78 is 5.95. The highest BCUT2D eigenvalue weighted by molar-refractivity contribution is 9.10. The minimum absolute atomic E-state index is 0.281. The molecule has 0 fully saturated rings. The summed E-state index contributed by atoms with van der Waals surface area (Å²) >= 11 is 3.34. The number of benzene rings is 1. The summed E-state index contributed by atoms with van der Waals surface area (Å²) in [5.41, 5.74) is 0.582. The van der Waals surface area contributed by atoms with Gasteiger partial charge in [0.05, 0.1) is 23.4 Å². The molecule has 2 unspecified atom stereocenters. The van der Waals surface area contributed by atoms with Gasteiger partial charge >= 0.3 is 5.97 Å². The van der Waals surface area contributed by atoms with E-state index in [9.17, 15) is 14.7 Å². The number of hydrogen-bond donors (Lipinski definition) is 2. The van der Waals surface area contributed by atoms with Crippen LogP contribution in [-0.4, -0.2) is 24.1 Å². The van der Waals surface area contributed by atoms with Gasteiger partial charge in [0.25, 0.3) is 0 Å². The SMILES string of the molecule is COc1cc(NC(=O)C2CC=CCC2C(=O)O)ccc1Br. The standard InChI is InChI=1S/C15H16BrNO4/c1-21-13-8-9(6-7-12(13)16)17-14(18)10-4-2-3-5-11(10)15(19)20/h2-3,6-8,10-11H,4-5H2,1H3,(H,17,18)(H,19,20). The van der Waals surface area contributed by atoms with Crippen molar-refractivity contribution in [3.8, 4) is 5.75 Å². The van der Waals surface area contributed by atoms with E-state index in [-0.39, 0.29) is 5.91 Å². The van der Waals surface area contributed by atoms with E-state index >= 15 is 0 Å². The maximum absolute atomic E-state index is 12.3. The largest absolute Gasteiger partial charge is 0.495 e. The number of anilines is 1. The molecule has 5 nitrogen and oxygen atoms in total. The fraction of sp³-hybridized carbons (Fsp3) is 0.333. The minimum Gasteiger partial charge on any atom is -0.495 e. The lowest BCUT2D eigenvalue weighted by Crippen LogP contribution is -2.34. The Morgan fingerprint density at radius 3 is 2.57 bits per heavy atom. The van der Waals surface area contributed by atoms with Crippen LogP contribution in [-0.2, 0) is 9.59 Å². The lowest BCUT2D eigenvalue weighted by atomic mass is 9.82. The molecule has 0 aliphatic heterocycles. The Balaban J connectivity index is 2.13. The number of nitrogens with one attached hydrogen (secondary N) is 1. The fourth-order valence-electron chi connectivity index (χ4n) is 2.35. The van der Waals surface area contributed by atoms with Crippen LogP contribution in [0.1, 0.15) is 12.8 Å². The van der Waals surface area contributed by atoms with Gasteiger partial charge in [-0.25, -0.2) is 0 Å². The highest BCUT2D eigenvalue weighted by atomic mass is 79.9. The van der Waals surface area contributed by atoms with Gasteiger partial charge in [-0.15, -0.1) is 0 Å². The van der Waals surface area contributed by atoms with Crippen molar-refractivity contribution in [1.29, 1.82) is 0 Å². The topological polar surface area (TPSA) is 75.6 Å². The summed E-state index contributed by atoms with van der Waals surface area (Å²) in [6, 6.07) is 5.19. The average molecular weight is 354 g/mol. The third-order valence-electron chi connectivity index (χ3n) is 3.51. The van der Waals surface area contributed by atoms with Crippen molar-refractivity contribution in [3.63, 3.8) is 0 Å². The Labute approximate surface area is 131 Å². The molecule has 0 aromatic heterocycles. The van der Waals surface area contributed by atoms with Gasteiger partial charge in [0.1, 0.15) is 5.75 Å². The zero-order valence-corrected chi connectivity index (χ0v) is 13.1. The van der Waals surface area contributed by atoms with E-state index in [1.807, 2.05) is 12.2 Å². The number of carbonyl (C=O) groups is 2. The summed E-state index contributed by atoms with van der Waals surface area (Å²) in [6.45, 7) is 0. The molecule has 0 spiro atoms. The van der Waals surface area contributed by atoms with Crippen LogP contribution >= 0.6 is 15.9 Å². The normalized spacial score (nSPS) is 20.9. The number of halogens is 1. The highest BCUT2D eigenvalue weighted by Crippen LogP contribution is 2.30. The summed E-state index contributed by atoms with van der Waals surface area (Å²) in [5.74, 6) is -1.84. The van der Waals surface area contributed by atoms with E-state index < -0.39 is 17.8 Å². The molecule has 2 N–H and O–H groups in total. The lowest BCUT2D eigenvalue weighted by Gasteiger charge is -2.24. The van der Waals surface area contributed by atoms with E-state index in [0.29, 0.717) is 24.3 Å². The zero-order chi connectivity index (χ0) is 15.4. The van der Waals surface area contributed by atoms with Crippen molar-refractivity contribution < 1.29 is 19.4 Å². The van der Waals surface area contributed by atoms with Gasteiger partial charge in [-0.2, -0.15) is 0 Å². The van der Waals surface area contributed by atoms with E-state index in [0.717, 1.165) is 4.47 Å². The molecule has 0 bridgehead atoms. The van der Waals surface area contributed by atoms with Crippen LogP contribution in [0.4, 0.5) is 5.69 Å². The summed E-state index contributed by atoms with van der Waals surface area (Å²) in [7, 11) is 1.54. The molecule has 1 amide bonds. The molecule has 0 radical (unpaired) electrons. The van der Waals surface area contributed by atoms with Crippen LogP contribution in [0, 0.1) is 11.8 Å². The van der Waals surface area contributed by atoms with Crippen LogP contribution in [0.5, 0.6) is 5.75 Å². The van der Waals surface area contributed by atoms with E-state index in [2.05, 4.69) is 21.2 Å². The number of amides is 1. The van der Waals surface area contributed by atoms with Crippen molar-refractivity contribution >= 4 is 33.5 Å². The van der Waals surface area contributed by atoms with E-state index in [4.69, 9.17) is 4.74 Å². The Hall–Kier alpha value is -1.82. The molecule has 0 heterocycles. The quantitative estimate of drug-likeness (QED) is 0.815. The fourth-order valence-corrected chi connectivity index (χ4v) is 2.76. The van der Waals surface area contributed by atoms with Crippen LogP contribution < -0.4 is 10.1 Å². The number of hydrogen-bond acceptors (Lipinski definition) is 3. The predicted molar refractivity (Wildman–Crippen MR) is 82.3 cm³/mol. The Morgan fingerprint density at radius 1 is 1.29 bits per heavy atom. The molecule has 2 atom stereocenters. The smallest absolute Gasteiger partial charge is 0.307 e. The molecular weight excluding hydrogens is 338 g/mol. The van der Waals surface area contributed by atoms with Gasteiger partial charge in [-0.05, 0) is 40.9 Å². The number of aliphatic carboxylic acids is 1. The first-order chi connectivity index (χ1) is 10.0. The third kappa shape index (κ3) is 3.64. The average Bonchev–Trinajstić information content (AvgIpc) is 2.49. The van der Waals surface area contributed by atoms with Crippen molar-refractivity contribution in [3.05, 3.63) is 34.8 Å². The van der Waals surface area contributed by atoms with Crippen molar-refractivity contribution in [2.45, 2.75) is 12.8 Å². The van der Waals surface area contributed by atoms with Crippen molar-refractivity contribution in [1.82, 2.24) is 0 Å². The number of allylic oxidation sites excluding steroid dienone is 2. The number of carbonyl (C=O) groups excluding carboxylic acids is 1. The highest BCUT2D eigenvalue weighted by Gasteiger charge is 2.33. The molecule has 1 aromatic carbocycles. The molecular formula is C15H16BrNO4. The van der Waals surface area contributed by atoms with E-state index in [1.54, 1.807) is 18.2 Å². The Kier molecular flexibility index (Phi) is 5.01. The van der Waals surface area contributed by atoms with Crippen LogP contribution in [0.2, 0.25) is 0 Å². The van der Waals surface area contributed by atoms with E-state index in [1.165, 1.54) is 7.11 Å². The maximum atomic E-state index is 12.3. The number of rotatable bonds is 4. The summed E-state index contributed by atoms with van der Waals surface area (Å²) in [6.07, 6.45) is 4.49. The first-order valence-corrected chi connectivity index (χ1v) is 7.34. The minimum atomic E-state index is -0.937. The van der Waals surface area contributed by atoms with Gasteiger partial charge in [0.2, 0.25) is 5.91 Å². The van der Waals surface area contributed by atoms with Crippen molar-refractivity contribution in [2.75, 3.05) is 12.4 Å². The second kappa shape index (κ2) is 6.76.